The zero-order chi connectivity index (χ0) is 25.1. The largest absolute Gasteiger partial charge is 0.507 e. The minimum Gasteiger partial charge on any atom is -0.507 e. The van der Waals surface area contributed by atoms with Crippen molar-refractivity contribution in [1.29, 1.82) is 0 Å². The van der Waals surface area contributed by atoms with Gasteiger partial charge in [0.25, 0.3) is 11.7 Å². The lowest BCUT2D eigenvalue weighted by Gasteiger charge is -2.25. The second kappa shape index (κ2) is 9.89. The molecule has 1 unspecified atom stereocenters. The van der Waals surface area contributed by atoms with Crippen LogP contribution in [-0.2, 0) is 16.1 Å². The zero-order valence-corrected chi connectivity index (χ0v) is 20.1. The fourth-order valence-electron chi connectivity index (χ4n) is 4.15. The molecule has 1 N–H and O–H groups in total. The molecule has 1 aliphatic rings. The first kappa shape index (κ1) is 23.8. The van der Waals surface area contributed by atoms with Crippen LogP contribution < -0.4 is 14.4 Å². The van der Waals surface area contributed by atoms with Crippen molar-refractivity contribution >= 4 is 23.1 Å². The summed E-state index contributed by atoms with van der Waals surface area (Å²) in [4.78, 5) is 34.2. The van der Waals surface area contributed by atoms with E-state index in [0.717, 1.165) is 5.69 Å². The standard InChI is InChI=1S/C27H27N3O5/c1-29(2)20-11-8-17(9-12-20)24-23(25(31)18-10-13-21(34-3)22(15-18)35-4)26(32)27(33)30(24)16-19-7-5-6-14-28-19/h5-15,24,31H,16H2,1-4H3/b25-23-. The highest BCUT2D eigenvalue weighted by molar-refractivity contribution is 6.46. The highest BCUT2D eigenvalue weighted by atomic mass is 16.5. The lowest BCUT2D eigenvalue weighted by Crippen LogP contribution is -2.29. The molecule has 8 heteroatoms. The Morgan fingerprint density at radius 3 is 2.31 bits per heavy atom. The predicted octanol–water partition coefficient (Wildman–Crippen LogP) is 3.79. The number of anilines is 1. The van der Waals surface area contributed by atoms with Crippen LogP contribution >= 0.6 is 0 Å². The quantitative estimate of drug-likeness (QED) is 0.317. The van der Waals surface area contributed by atoms with Gasteiger partial charge in [-0.15, -0.1) is 0 Å². The summed E-state index contributed by atoms with van der Waals surface area (Å²) in [7, 11) is 6.86. The number of Topliss-reactive ketones (excluding diaryl/α,β-unsaturated/α-hetero) is 1. The van der Waals surface area contributed by atoms with Crippen LogP contribution in [0.15, 0.2) is 72.4 Å². The second-order valence-electron chi connectivity index (χ2n) is 8.30. The van der Waals surface area contributed by atoms with E-state index in [4.69, 9.17) is 9.47 Å². The van der Waals surface area contributed by atoms with Gasteiger partial charge in [-0.05, 0) is 48.0 Å². The van der Waals surface area contributed by atoms with Gasteiger partial charge in [0.15, 0.2) is 11.5 Å². The van der Waals surface area contributed by atoms with Crippen molar-refractivity contribution in [2.24, 2.45) is 0 Å². The molecule has 4 rings (SSSR count). The molecule has 8 nitrogen and oxygen atoms in total. The van der Waals surface area contributed by atoms with E-state index >= 15 is 0 Å². The summed E-state index contributed by atoms with van der Waals surface area (Å²) < 4.78 is 10.6. The number of carbonyl (C=O) groups excluding carboxylic acids is 2. The van der Waals surface area contributed by atoms with Gasteiger partial charge in [-0.2, -0.15) is 0 Å². The van der Waals surface area contributed by atoms with Gasteiger partial charge >= 0.3 is 0 Å². The molecule has 1 saturated heterocycles. The molecule has 2 heterocycles. The molecule has 1 aliphatic heterocycles. The number of nitrogens with zero attached hydrogens (tertiary/aromatic N) is 3. The molecule has 3 aromatic rings. The monoisotopic (exact) mass is 473 g/mol. The van der Waals surface area contributed by atoms with Crippen LogP contribution in [0.2, 0.25) is 0 Å². The third-order valence-corrected chi connectivity index (χ3v) is 5.98. The number of ether oxygens (including phenoxy) is 2. The van der Waals surface area contributed by atoms with Gasteiger partial charge in [0, 0.05) is 31.5 Å². The maximum absolute atomic E-state index is 13.3. The van der Waals surface area contributed by atoms with Crippen molar-refractivity contribution in [2.45, 2.75) is 12.6 Å². The first-order valence-electron chi connectivity index (χ1n) is 11.0. The number of rotatable bonds is 7. The number of aromatic nitrogens is 1. The zero-order valence-electron chi connectivity index (χ0n) is 20.1. The Morgan fingerprint density at radius 1 is 1.00 bits per heavy atom. The molecule has 1 atom stereocenters. The number of hydrogen-bond donors (Lipinski definition) is 1. The number of benzene rings is 2. The van der Waals surface area contributed by atoms with E-state index in [1.54, 1.807) is 36.5 Å². The Labute approximate surface area is 204 Å². The Hall–Kier alpha value is -4.33. The minimum absolute atomic E-state index is 0.00996. The van der Waals surface area contributed by atoms with Crippen LogP contribution in [0.5, 0.6) is 11.5 Å². The number of aliphatic hydroxyl groups is 1. The van der Waals surface area contributed by atoms with Crippen LogP contribution in [0.1, 0.15) is 22.9 Å². The molecule has 0 bridgehead atoms. The van der Waals surface area contributed by atoms with Crippen molar-refractivity contribution < 1.29 is 24.2 Å². The average molecular weight is 474 g/mol. The Kier molecular flexibility index (Phi) is 6.73. The molecule has 0 aliphatic carbocycles. The van der Waals surface area contributed by atoms with Gasteiger partial charge in [0.1, 0.15) is 5.76 Å². The number of carbonyl (C=O) groups is 2. The Morgan fingerprint density at radius 2 is 1.71 bits per heavy atom. The summed E-state index contributed by atoms with van der Waals surface area (Å²) in [6.45, 7) is 0.119. The normalized spacial score (nSPS) is 16.9. The summed E-state index contributed by atoms with van der Waals surface area (Å²) in [6, 6.07) is 17.0. The molecule has 0 saturated carbocycles. The number of likely N-dealkylation sites (tertiary alicyclic amines) is 1. The number of aliphatic hydroxyl groups excluding tert-OH is 1. The maximum Gasteiger partial charge on any atom is 0.296 e. The van der Waals surface area contributed by atoms with Crippen molar-refractivity contribution in [3.8, 4) is 11.5 Å². The summed E-state index contributed by atoms with van der Waals surface area (Å²) in [6.07, 6.45) is 1.64. The number of hydrogen-bond acceptors (Lipinski definition) is 7. The average Bonchev–Trinajstić information content (AvgIpc) is 3.13. The molecule has 0 radical (unpaired) electrons. The molecule has 1 fully saturated rings. The fraction of sp³-hybridized carbons (Fsp3) is 0.222. The molecule has 1 aromatic heterocycles. The topological polar surface area (TPSA) is 92.2 Å². The summed E-state index contributed by atoms with van der Waals surface area (Å²) >= 11 is 0. The van der Waals surface area contributed by atoms with Gasteiger partial charge < -0.3 is 24.4 Å². The van der Waals surface area contributed by atoms with Crippen molar-refractivity contribution in [1.82, 2.24) is 9.88 Å². The van der Waals surface area contributed by atoms with Gasteiger partial charge in [0.05, 0.1) is 38.1 Å². The van der Waals surface area contributed by atoms with Crippen molar-refractivity contribution in [3.63, 3.8) is 0 Å². The second-order valence-corrected chi connectivity index (χ2v) is 8.30. The van der Waals surface area contributed by atoms with Crippen molar-refractivity contribution in [3.05, 3.63) is 89.3 Å². The van der Waals surface area contributed by atoms with Gasteiger partial charge in [-0.25, -0.2) is 0 Å². The van der Waals surface area contributed by atoms with Gasteiger partial charge in [-0.1, -0.05) is 18.2 Å². The van der Waals surface area contributed by atoms with Crippen LogP contribution in [0.25, 0.3) is 5.76 Å². The molecule has 35 heavy (non-hydrogen) atoms. The van der Waals surface area contributed by atoms with E-state index in [9.17, 15) is 14.7 Å². The Bertz CT molecular complexity index is 1270. The number of ketones is 1. The minimum atomic E-state index is -0.790. The molecule has 2 aromatic carbocycles. The molecular formula is C27H27N3O5. The SMILES string of the molecule is COc1ccc(/C(O)=C2/C(=O)C(=O)N(Cc3ccccn3)C2c2ccc(N(C)C)cc2)cc1OC. The van der Waals surface area contributed by atoms with Crippen LogP contribution in [0.3, 0.4) is 0 Å². The van der Waals surface area contributed by atoms with E-state index < -0.39 is 17.7 Å². The molecule has 1 amide bonds. The number of pyridine rings is 1. The smallest absolute Gasteiger partial charge is 0.296 e. The highest BCUT2D eigenvalue weighted by Crippen LogP contribution is 2.41. The van der Waals surface area contributed by atoms with Crippen molar-refractivity contribution in [2.75, 3.05) is 33.2 Å². The third kappa shape index (κ3) is 4.55. The van der Waals surface area contributed by atoms with Crippen LogP contribution in [0.4, 0.5) is 5.69 Å². The van der Waals surface area contributed by atoms with Crippen LogP contribution in [0, 0.1) is 0 Å². The van der Waals surface area contributed by atoms with E-state index in [0.29, 0.717) is 28.3 Å². The Balaban J connectivity index is 1.86. The first-order valence-corrected chi connectivity index (χ1v) is 11.0. The fourth-order valence-corrected chi connectivity index (χ4v) is 4.15. The summed E-state index contributed by atoms with van der Waals surface area (Å²) in [5, 5.41) is 11.3. The van der Waals surface area contributed by atoms with E-state index in [1.165, 1.54) is 19.1 Å². The lowest BCUT2D eigenvalue weighted by molar-refractivity contribution is -0.140. The maximum atomic E-state index is 13.3. The molecular weight excluding hydrogens is 446 g/mol. The summed E-state index contributed by atoms with van der Waals surface area (Å²) in [5.41, 5.74) is 2.66. The number of amides is 1. The number of methoxy groups -OCH3 is 2. The van der Waals surface area contributed by atoms with E-state index in [1.807, 2.05) is 49.3 Å². The summed E-state index contributed by atoms with van der Waals surface area (Å²) in [5.74, 6) is -0.856. The van der Waals surface area contributed by atoms with Crippen LogP contribution in [-0.4, -0.2) is 55.0 Å². The van der Waals surface area contributed by atoms with E-state index in [-0.39, 0.29) is 17.9 Å². The van der Waals surface area contributed by atoms with Gasteiger partial charge in [0.2, 0.25) is 0 Å². The molecule has 180 valence electrons. The molecule has 0 spiro atoms. The highest BCUT2D eigenvalue weighted by Gasteiger charge is 2.46. The first-order chi connectivity index (χ1) is 16.8. The predicted molar refractivity (Wildman–Crippen MR) is 132 cm³/mol. The third-order valence-electron chi connectivity index (χ3n) is 5.98. The lowest BCUT2D eigenvalue weighted by atomic mass is 9.95. The van der Waals surface area contributed by atoms with E-state index in [2.05, 4.69) is 4.98 Å². The van der Waals surface area contributed by atoms with Gasteiger partial charge in [-0.3, -0.25) is 14.6 Å².